The number of thioether (sulfide) groups is 1. The number of benzene rings is 1. The highest BCUT2D eigenvalue weighted by molar-refractivity contribution is 7.99. The number of hydrogen-bond donors (Lipinski definition) is 2. The Morgan fingerprint density at radius 3 is 3.14 bits per heavy atom. The number of nitrogens with one attached hydrogen (secondary N) is 1. The fourth-order valence-corrected chi connectivity index (χ4v) is 2.90. The van der Waals surface area contributed by atoms with E-state index in [1.807, 2.05) is 18.8 Å². The maximum Gasteiger partial charge on any atom is 0.0757 e. The summed E-state index contributed by atoms with van der Waals surface area (Å²) >= 11 is 6.44. The van der Waals surface area contributed by atoms with E-state index in [9.17, 15) is 0 Å². The Hall–Kier alpha value is -0.120. The third-order valence-corrected chi connectivity index (χ3v) is 4.28. The van der Waals surface area contributed by atoms with Crippen LogP contribution in [-0.4, -0.2) is 12.8 Å². The van der Waals surface area contributed by atoms with E-state index in [0.717, 1.165) is 0 Å². The van der Waals surface area contributed by atoms with Gasteiger partial charge < -0.3 is 5.32 Å². The van der Waals surface area contributed by atoms with Crippen molar-refractivity contribution in [2.45, 2.75) is 23.1 Å². The Labute approximate surface area is 95.1 Å². The van der Waals surface area contributed by atoms with Crippen molar-refractivity contribution in [2.24, 2.45) is 0 Å². The second-order valence-corrected chi connectivity index (χ2v) is 5.16. The Balaban J connectivity index is 2.29. The minimum atomic E-state index is 0.159. The van der Waals surface area contributed by atoms with Gasteiger partial charge in [-0.2, -0.15) is 12.6 Å². The van der Waals surface area contributed by atoms with E-state index < -0.39 is 0 Å². The van der Waals surface area contributed by atoms with Crippen LogP contribution in [0.15, 0.2) is 23.1 Å². The van der Waals surface area contributed by atoms with Gasteiger partial charge in [0.05, 0.1) is 5.37 Å². The molecule has 1 aliphatic rings. The molecule has 1 aromatic carbocycles. The maximum atomic E-state index is 4.47. The lowest BCUT2D eigenvalue weighted by Crippen LogP contribution is -2.11. The molecule has 1 aromatic rings. The molecule has 3 heteroatoms. The van der Waals surface area contributed by atoms with Crippen LogP contribution in [0.5, 0.6) is 0 Å². The Kier molecular flexibility index (Phi) is 3.42. The average molecular weight is 225 g/mol. The number of fused-ring (bicyclic) bond motifs is 1. The minimum Gasteiger partial charge on any atom is -0.305 e. The predicted octanol–water partition coefficient (Wildman–Crippen LogP) is 2.87. The summed E-state index contributed by atoms with van der Waals surface area (Å²) in [5, 5.41) is 3.30. The van der Waals surface area contributed by atoms with E-state index in [-0.39, 0.29) is 5.37 Å². The third kappa shape index (κ3) is 2.10. The lowest BCUT2D eigenvalue weighted by atomic mass is 10.1. The lowest BCUT2D eigenvalue weighted by molar-refractivity contribution is 0.792. The van der Waals surface area contributed by atoms with Crippen LogP contribution in [0, 0.1) is 0 Å². The summed E-state index contributed by atoms with van der Waals surface area (Å²) in [6.45, 7) is 0. The molecule has 0 aliphatic carbocycles. The van der Waals surface area contributed by atoms with Gasteiger partial charge in [-0.1, -0.05) is 12.1 Å². The van der Waals surface area contributed by atoms with Gasteiger partial charge >= 0.3 is 0 Å². The van der Waals surface area contributed by atoms with E-state index in [4.69, 9.17) is 0 Å². The monoisotopic (exact) mass is 225 g/mol. The molecule has 1 N–H and O–H groups in total. The normalized spacial score (nSPS) is 17.6. The quantitative estimate of drug-likeness (QED) is 0.593. The van der Waals surface area contributed by atoms with Crippen LogP contribution in [0.2, 0.25) is 0 Å². The van der Waals surface area contributed by atoms with Crippen molar-refractivity contribution >= 4 is 24.4 Å². The summed E-state index contributed by atoms with van der Waals surface area (Å²) in [7, 11) is 1.94. The molecule has 2 rings (SSSR count). The number of rotatable bonds is 2. The summed E-state index contributed by atoms with van der Waals surface area (Å²) in [5.41, 5.74) is 2.77. The van der Waals surface area contributed by atoms with Crippen molar-refractivity contribution in [3.8, 4) is 0 Å². The summed E-state index contributed by atoms with van der Waals surface area (Å²) in [5.74, 6) is 1.27. The fraction of sp³-hybridized carbons (Fsp3) is 0.455. The van der Waals surface area contributed by atoms with Crippen molar-refractivity contribution in [3.05, 3.63) is 29.3 Å². The predicted molar refractivity (Wildman–Crippen MR) is 66.3 cm³/mol. The number of aryl methyl sites for hydroxylation is 1. The van der Waals surface area contributed by atoms with Gasteiger partial charge in [0, 0.05) is 4.90 Å². The van der Waals surface area contributed by atoms with E-state index in [1.54, 1.807) is 0 Å². The van der Waals surface area contributed by atoms with Crippen LogP contribution in [0.1, 0.15) is 22.9 Å². The molecule has 1 heterocycles. The molecule has 0 amide bonds. The number of thiol groups is 1. The highest BCUT2D eigenvalue weighted by atomic mass is 32.2. The molecule has 0 fully saturated rings. The zero-order chi connectivity index (χ0) is 9.97. The second-order valence-electron chi connectivity index (χ2n) is 3.51. The molecule has 1 nitrogen and oxygen atoms in total. The first-order chi connectivity index (χ1) is 6.81. The maximum absolute atomic E-state index is 4.47. The first kappa shape index (κ1) is 10.4. The van der Waals surface area contributed by atoms with Crippen LogP contribution in [0.4, 0.5) is 0 Å². The third-order valence-electron chi connectivity index (χ3n) is 2.52. The molecular weight excluding hydrogens is 210 g/mol. The fourth-order valence-electron chi connectivity index (χ4n) is 1.72. The minimum absolute atomic E-state index is 0.159. The van der Waals surface area contributed by atoms with Gasteiger partial charge in [-0.05, 0) is 42.8 Å². The molecule has 0 radical (unpaired) electrons. The van der Waals surface area contributed by atoms with E-state index >= 15 is 0 Å². The van der Waals surface area contributed by atoms with Crippen LogP contribution in [-0.2, 0) is 6.42 Å². The molecule has 0 saturated heterocycles. The molecule has 76 valence electrons. The first-order valence-corrected chi connectivity index (χ1v) is 6.42. The van der Waals surface area contributed by atoms with Gasteiger partial charge in [-0.25, -0.2) is 0 Å². The van der Waals surface area contributed by atoms with Crippen molar-refractivity contribution in [1.82, 2.24) is 5.32 Å². The SMILES string of the molecule is CNC(S)c1ccc2c(c1)CCCS2. The highest BCUT2D eigenvalue weighted by Crippen LogP contribution is 2.32. The Bertz CT molecular complexity index is 325. The second kappa shape index (κ2) is 4.60. The highest BCUT2D eigenvalue weighted by Gasteiger charge is 2.11. The van der Waals surface area contributed by atoms with Crippen molar-refractivity contribution in [2.75, 3.05) is 12.8 Å². The average Bonchev–Trinajstić information content (AvgIpc) is 2.27. The molecule has 0 aromatic heterocycles. The lowest BCUT2D eigenvalue weighted by Gasteiger charge is -2.18. The molecule has 0 saturated carbocycles. The van der Waals surface area contributed by atoms with Crippen LogP contribution < -0.4 is 5.32 Å². The molecule has 14 heavy (non-hydrogen) atoms. The standard InChI is InChI=1S/C11H15NS2/c1-12-11(13)9-4-5-10-8(7-9)3-2-6-14-10/h4-5,7,11-13H,2-3,6H2,1H3. The topological polar surface area (TPSA) is 12.0 Å². The van der Waals surface area contributed by atoms with Crippen molar-refractivity contribution in [1.29, 1.82) is 0 Å². The van der Waals surface area contributed by atoms with E-state index in [1.165, 1.54) is 34.6 Å². The largest absolute Gasteiger partial charge is 0.305 e. The Morgan fingerprint density at radius 2 is 2.36 bits per heavy atom. The van der Waals surface area contributed by atoms with Gasteiger partial charge in [0.25, 0.3) is 0 Å². The summed E-state index contributed by atoms with van der Waals surface area (Å²) < 4.78 is 0. The zero-order valence-corrected chi connectivity index (χ0v) is 10.00. The number of hydrogen-bond acceptors (Lipinski definition) is 3. The van der Waals surface area contributed by atoms with Gasteiger partial charge in [0.15, 0.2) is 0 Å². The van der Waals surface area contributed by atoms with Crippen LogP contribution in [0.3, 0.4) is 0 Å². The Morgan fingerprint density at radius 1 is 1.50 bits per heavy atom. The zero-order valence-electron chi connectivity index (χ0n) is 8.29. The van der Waals surface area contributed by atoms with Crippen molar-refractivity contribution in [3.63, 3.8) is 0 Å². The molecule has 0 spiro atoms. The molecule has 1 unspecified atom stereocenters. The summed E-state index contributed by atoms with van der Waals surface area (Å²) in [6.07, 6.45) is 2.53. The summed E-state index contributed by atoms with van der Waals surface area (Å²) in [4.78, 5) is 1.46. The van der Waals surface area contributed by atoms with Gasteiger partial charge in [-0.15, -0.1) is 11.8 Å². The summed E-state index contributed by atoms with van der Waals surface area (Å²) in [6, 6.07) is 6.69. The van der Waals surface area contributed by atoms with Gasteiger partial charge in [-0.3, -0.25) is 0 Å². The molecule has 1 aliphatic heterocycles. The van der Waals surface area contributed by atoms with Gasteiger partial charge in [0.1, 0.15) is 0 Å². The van der Waals surface area contributed by atoms with Crippen molar-refractivity contribution < 1.29 is 0 Å². The molecular formula is C11H15NS2. The van der Waals surface area contributed by atoms with Crippen LogP contribution >= 0.6 is 24.4 Å². The van der Waals surface area contributed by atoms with E-state index in [2.05, 4.69) is 36.1 Å². The van der Waals surface area contributed by atoms with Gasteiger partial charge in [0.2, 0.25) is 0 Å². The van der Waals surface area contributed by atoms with E-state index in [0.29, 0.717) is 0 Å². The van der Waals surface area contributed by atoms with Crippen LogP contribution in [0.25, 0.3) is 0 Å². The molecule has 0 bridgehead atoms. The first-order valence-electron chi connectivity index (χ1n) is 4.92. The molecule has 1 atom stereocenters. The smallest absolute Gasteiger partial charge is 0.0757 e.